The Bertz CT molecular complexity index is 218. The highest BCUT2D eigenvalue weighted by Crippen LogP contribution is 2.20. The third kappa shape index (κ3) is 5.37. The van der Waals surface area contributed by atoms with Crippen molar-refractivity contribution in [3.8, 4) is 0 Å². The van der Waals surface area contributed by atoms with E-state index in [1.807, 2.05) is 0 Å². The van der Waals surface area contributed by atoms with Crippen LogP contribution in [0.15, 0.2) is 4.99 Å². The minimum absolute atomic E-state index is 0.222. The zero-order chi connectivity index (χ0) is 11.8. The van der Waals surface area contributed by atoms with Gasteiger partial charge in [0.15, 0.2) is 0 Å². The number of hydrazine groups is 1. The van der Waals surface area contributed by atoms with Crippen LogP contribution in [-0.2, 0) is 4.74 Å². The van der Waals surface area contributed by atoms with Crippen LogP contribution in [0.5, 0.6) is 0 Å². The highest BCUT2D eigenvalue weighted by molar-refractivity contribution is 5.81. The van der Waals surface area contributed by atoms with Gasteiger partial charge in [-0.05, 0) is 12.8 Å². The number of nitrogens with one attached hydrogen (secondary N) is 1. The van der Waals surface area contributed by atoms with Crippen LogP contribution in [0.4, 0.5) is 8.78 Å². The van der Waals surface area contributed by atoms with Crippen LogP contribution in [0.3, 0.4) is 0 Å². The normalized spacial score (nSPS) is 18.4. The second-order valence-corrected chi connectivity index (χ2v) is 3.87. The van der Waals surface area contributed by atoms with Crippen molar-refractivity contribution in [1.82, 2.24) is 5.43 Å². The molecule has 0 unspecified atom stereocenters. The maximum Gasteiger partial charge on any atom is 0.261 e. The van der Waals surface area contributed by atoms with Gasteiger partial charge in [0.2, 0.25) is 0 Å². The molecule has 94 valence electrons. The number of amidine groups is 1. The fourth-order valence-electron chi connectivity index (χ4n) is 1.77. The van der Waals surface area contributed by atoms with Crippen LogP contribution < -0.4 is 11.3 Å². The summed E-state index contributed by atoms with van der Waals surface area (Å²) in [7, 11) is 0. The third-order valence-corrected chi connectivity index (χ3v) is 2.56. The van der Waals surface area contributed by atoms with Crippen LogP contribution in [-0.4, -0.2) is 31.5 Å². The monoisotopic (exact) mass is 235 g/mol. The average molecular weight is 235 g/mol. The summed E-state index contributed by atoms with van der Waals surface area (Å²) >= 11 is 0. The first kappa shape index (κ1) is 13.3. The topological polar surface area (TPSA) is 59.6 Å². The van der Waals surface area contributed by atoms with Gasteiger partial charge >= 0.3 is 0 Å². The molecule has 0 aromatic rings. The van der Waals surface area contributed by atoms with E-state index in [1.54, 1.807) is 0 Å². The number of nitrogens with two attached hydrogens (primary N) is 1. The summed E-state index contributed by atoms with van der Waals surface area (Å²) in [5.74, 6) is 5.95. The summed E-state index contributed by atoms with van der Waals surface area (Å²) < 4.78 is 28.3. The summed E-state index contributed by atoms with van der Waals surface area (Å²) in [6.07, 6.45) is 2.62. The van der Waals surface area contributed by atoms with Crippen LogP contribution in [0.2, 0.25) is 0 Å². The Balaban J connectivity index is 2.20. The highest BCUT2D eigenvalue weighted by Gasteiger charge is 2.14. The summed E-state index contributed by atoms with van der Waals surface area (Å²) in [5, 5.41) is 0. The lowest BCUT2D eigenvalue weighted by atomic mass is 10.2. The van der Waals surface area contributed by atoms with E-state index in [2.05, 4.69) is 10.4 Å². The number of hydrogen-bond donors (Lipinski definition) is 2. The molecule has 1 saturated carbocycles. The molecule has 3 N–H and O–H groups in total. The molecule has 1 aliphatic rings. The smallest absolute Gasteiger partial charge is 0.261 e. The summed E-state index contributed by atoms with van der Waals surface area (Å²) in [4.78, 5) is 4.42. The predicted molar refractivity (Wildman–Crippen MR) is 58.5 cm³/mol. The highest BCUT2D eigenvalue weighted by atomic mass is 19.3. The van der Waals surface area contributed by atoms with Gasteiger partial charge in [-0.1, -0.05) is 12.8 Å². The van der Waals surface area contributed by atoms with Gasteiger partial charge in [0, 0.05) is 6.42 Å². The van der Waals surface area contributed by atoms with Crippen LogP contribution in [0.25, 0.3) is 0 Å². The summed E-state index contributed by atoms with van der Waals surface area (Å²) in [6, 6.07) is 0.334. The first-order chi connectivity index (χ1) is 7.72. The van der Waals surface area contributed by atoms with Crippen molar-refractivity contribution in [2.45, 2.75) is 44.6 Å². The number of halogens is 2. The molecule has 6 heteroatoms. The molecular weight excluding hydrogens is 216 g/mol. The van der Waals surface area contributed by atoms with Crippen LogP contribution in [0, 0.1) is 0 Å². The van der Waals surface area contributed by atoms with Gasteiger partial charge in [-0.15, -0.1) is 0 Å². The van der Waals surface area contributed by atoms with Crippen molar-refractivity contribution in [3.05, 3.63) is 0 Å². The zero-order valence-corrected chi connectivity index (χ0v) is 9.29. The lowest BCUT2D eigenvalue weighted by Crippen LogP contribution is -2.32. The molecule has 0 spiro atoms. The Morgan fingerprint density at radius 2 is 2.12 bits per heavy atom. The fraction of sp³-hybridized carbons (Fsp3) is 0.900. The van der Waals surface area contributed by atoms with Gasteiger partial charge < -0.3 is 10.2 Å². The third-order valence-electron chi connectivity index (χ3n) is 2.56. The lowest BCUT2D eigenvalue weighted by Gasteiger charge is -2.09. The molecule has 1 fully saturated rings. The molecule has 0 heterocycles. The molecular formula is C10H19F2N3O. The maximum absolute atomic E-state index is 11.8. The molecule has 1 aliphatic carbocycles. The van der Waals surface area contributed by atoms with E-state index in [9.17, 15) is 8.78 Å². The van der Waals surface area contributed by atoms with E-state index >= 15 is 0 Å². The van der Waals surface area contributed by atoms with Gasteiger partial charge in [0.05, 0.1) is 12.6 Å². The van der Waals surface area contributed by atoms with Crippen molar-refractivity contribution in [2.24, 2.45) is 10.8 Å². The second-order valence-electron chi connectivity index (χ2n) is 3.87. The molecule has 0 aliphatic heterocycles. The maximum atomic E-state index is 11.8. The van der Waals surface area contributed by atoms with Gasteiger partial charge in [0.25, 0.3) is 6.43 Å². The molecule has 0 bridgehead atoms. The van der Waals surface area contributed by atoms with Gasteiger partial charge in [0.1, 0.15) is 12.4 Å². The molecule has 4 nitrogen and oxygen atoms in total. The lowest BCUT2D eigenvalue weighted by molar-refractivity contribution is 0.0200. The first-order valence-electron chi connectivity index (χ1n) is 5.61. The van der Waals surface area contributed by atoms with E-state index in [0.717, 1.165) is 12.8 Å². The Morgan fingerprint density at radius 3 is 2.69 bits per heavy atom. The SMILES string of the molecule is NNC(CCOCC(F)F)=NC1CCCC1. The van der Waals surface area contributed by atoms with Crippen molar-refractivity contribution < 1.29 is 13.5 Å². The van der Waals surface area contributed by atoms with E-state index < -0.39 is 13.0 Å². The van der Waals surface area contributed by atoms with E-state index in [-0.39, 0.29) is 6.61 Å². The number of aliphatic imine (C=N–C) groups is 1. The first-order valence-corrected chi connectivity index (χ1v) is 5.61. The predicted octanol–water partition coefficient (Wildman–Crippen LogP) is 1.46. The Hall–Kier alpha value is -0.750. The number of alkyl halides is 2. The minimum Gasteiger partial charge on any atom is -0.375 e. The standard InChI is InChI=1S/C10H19F2N3O/c11-9(12)7-16-6-5-10(15-13)14-8-3-1-2-4-8/h8-9H,1-7,13H2,(H,14,15). The van der Waals surface area contributed by atoms with Crippen LogP contribution >= 0.6 is 0 Å². The number of nitrogens with zero attached hydrogens (tertiary/aromatic N) is 1. The van der Waals surface area contributed by atoms with Crippen LogP contribution in [0.1, 0.15) is 32.1 Å². The molecule has 16 heavy (non-hydrogen) atoms. The number of ether oxygens (including phenoxy) is 1. The van der Waals surface area contributed by atoms with E-state index in [0.29, 0.717) is 18.3 Å². The average Bonchev–Trinajstić information content (AvgIpc) is 2.75. The number of hydrogen-bond acceptors (Lipinski definition) is 3. The van der Waals surface area contributed by atoms with Gasteiger partial charge in [-0.2, -0.15) is 0 Å². The molecule has 0 aromatic carbocycles. The van der Waals surface area contributed by atoms with Crippen molar-refractivity contribution in [1.29, 1.82) is 0 Å². The van der Waals surface area contributed by atoms with Crippen molar-refractivity contribution in [3.63, 3.8) is 0 Å². The van der Waals surface area contributed by atoms with Gasteiger partial charge in [-0.3, -0.25) is 4.99 Å². The molecule has 0 aromatic heterocycles. The van der Waals surface area contributed by atoms with E-state index in [4.69, 9.17) is 10.6 Å². The Morgan fingerprint density at radius 1 is 1.44 bits per heavy atom. The zero-order valence-electron chi connectivity index (χ0n) is 9.29. The molecule has 0 saturated heterocycles. The second kappa shape index (κ2) is 7.51. The minimum atomic E-state index is -2.42. The quantitative estimate of drug-likeness (QED) is 0.241. The number of rotatable bonds is 6. The fourth-order valence-corrected chi connectivity index (χ4v) is 1.77. The summed E-state index contributed by atoms with van der Waals surface area (Å²) in [5.41, 5.74) is 2.50. The Kier molecular flexibility index (Phi) is 6.25. The van der Waals surface area contributed by atoms with Crippen molar-refractivity contribution >= 4 is 5.84 Å². The molecule has 0 radical (unpaired) electrons. The van der Waals surface area contributed by atoms with Gasteiger partial charge in [-0.25, -0.2) is 14.6 Å². The molecule has 1 rings (SSSR count). The molecule has 0 amide bonds. The molecule has 0 atom stereocenters. The largest absolute Gasteiger partial charge is 0.375 e. The summed E-state index contributed by atoms with van der Waals surface area (Å²) in [6.45, 7) is -0.304. The Labute approximate surface area is 94.2 Å². The van der Waals surface area contributed by atoms with E-state index in [1.165, 1.54) is 12.8 Å². The van der Waals surface area contributed by atoms with Crippen molar-refractivity contribution in [2.75, 3.05) is 13.2 Å².